The lowest BCUT2D eigenvalue weighted by atomic mass is 9.62. The Hall–Kier alpha value is -2.14. The molecule has 2 amide bonds. The molecule has 1 aromatic heterocycles. The standard InChI is InChI=1S/C19H29N5O2/c1-18(2)7-14(8-19(3,10-18)11-20-13-25)22-17(26)24-6-5-15-16(9-24)23(4)12-21-15/h12,14H,5-11H2,1-4H3,(H,22,26). The Balaban J connectivity index is 1.66. The van der Waals surface area contributed by atoms with E-state index in [-0.39, 0.29) is 22.9 Å². The summed E-state index contributed by atoms with van der Waals surface area (Å²) in [5.41, 5.74) is 2.21. The summed E-state index contributed by atoms with van der Waals surface area (Å²) in [7, 11) is 1.97. The maximum absolute atomic E-state index is 12.8. The number of amides is 2. The number of fused-ring (bicyclic) bond motifs is 1. The van der Waals surface area contributed by atoms with Gasteiger partial charge >= 0.3 is 6.03 Å². The quantitative estimate of drug-likeness (QED) is 0.665. The minimum atomic E-state index is -0.0891. The zero-order chi connectivity index (χ0) is 18.9. The number of urea groups is 1. The Kier molecular flexibility index (Phi) is 4.93. The van der Waals surface area contributed by atoms with E-state index in [2.05, 4.69) is 36.1 Å². The SMILES string of the molecule is Cn1cnc2c1CN(C(=O)NC1CC(C)(C)CC(C)(CN=C=O)C1)CC2. The number of carbonyl (C=O) groups excluding carboxylic acids is 2. The number of aromatic nitrogens is 2. The van der Waals surface area contributed by atoms with Crippen LogP contribution >= 0.6 is 0 Å². The Labute approximate surface area is 154 Å². The van der Waals surface area contributed by atoms with Gasteiger partial charge in [0.2, 0.25) is 6.08 Å². The van der Waals surface area contributed by atoms with Gasteiger partial charge in [-0.2, -0.15) is 0 Å². The molecule has 7 heteroatoms. The van der Waals surface area contributed by atoms with Gasteiger partial charge in [0.05, 0.1) is 30.8 Å². The van der Waals surface area contributed by atoms with Crippen LogP contribution < -0.4 is 5.32 Å². The van der Waals surface area contributed by atoms with Gasteiger partial charge in [-0.15, -0.1) is 0 Å². The van der Waals surface area contributed by atoms with Crippen molar-refractivity contribution in [3.05, 3.63) is 17.7 Å². The van der Waals surface area contributed by atoms with E-state index in [1.165, 1.54) is 0 Å². The fourth-order valence-electron chi connectivity index (χ4n) is 4.94. The van der Waals surface area contributed by atoms with Gasteiger partial charge in [-0.1, -0.05) is 20.8 Å². The van der Waals surface area contributed by atoms with Crippen LogP contribution in [0.3, 0.4) is 0 Å². The summed E-state index contributed by atoms with van der Waals surface area (Å²) in [6, 6.07) is 0.0758. The first kappa shape index (κ1) is 18.6. The van der Waals surface area contributed by atoms with E-state index in [1.54, 1.807) is 6.08 Å². The van der Waals surface area contributed by atoms with Crippen molar-refractivity contribution in [2.24, 2.45) is 22.9 Å². The van der Waals surface area contributed by atoms with E-state index in [0.29, 0.717) is 19.6 Å². The lowest BCUT2D eigenvalue weighted by Crippen LogP contribution is -2.52. The molecule has 3 rings (SSSR count). The van der Waals surface area contributed by atoms with Crippen molar-refractivity contribution in [1.29, 1.82) is 0 Å². The van der Waals surface area contributed by atoms with Crippen molar-refractivity contribution >= 4 is 12.1 Å². The monoisotopic (exact) mass is 359 g/mol. The molecule has 0 spiro atoms. The van der Waals surface area contributed by atoms with Crippen molar-refractivity contribution in [1.82, 2.24) is 19.8 Å². The zero-order valence-electron chi connectivity index (χ0n) is 16.2. The van der Waals surface area contributed by atoms with Gasteiger partial charge in [-0.05, 0) is 30.1 Å². The fourth-order valence-corrected chi connectivity index (χ4v) is 4.94. The molecule has 0 bridgehead atoms. The Morgan fingerprint density at radius 2 is 2.19 bits per heavy atom. The Morgan fingerprint density at radius 3 is 2.92 bits per heavy atom. The molecule has 2 heterocycles. The van der Waals surface area contributed by atoms with Gasteiger partial charge in [0, 0.05) is 26.1 Å². The van der Waals surface area contributed by atoms with Crippen molar-refractivity contribution < 1.29 is 9.59 Å². The maximum atomic E-state index is 12.8. The molecule has 1 aromatic rings. The van der Waals surface area contributed by atoms with E-state index in [1.807, 2.05) is 22.8 Å². The first-order valence-corrected chi connectivity index (χ1v) is 9.30. The number of nitrogens with one attached hydrogen (secondary N) is 1. The second-order valence-electron chi connectivity index (χ2n) is 9.03. The lowest BCUT2D eigenvalue weighted by Gasteiger charge is -2.46. The third kappa shape index (κ3) is 3.98. The first-order chi connectivity index (χ1) is 12.2. The van der Waals surface area contributed by atoms with E-state index < -0.39 is 0 Å². The average molecular weight is 359 g/mol. The van der Waals surface area contributed by atoms with E-state index in [9.17, 15) is 9.59 Å². The predicted molar refractivity (Wildman–Crippen MR) is 98.4 cm³/mol. The van der Waals surface area contributed by atoms with E-state index in [4.69, 9.17) is 0 Å². The maximum Gasteiger partial charge on any atom is 0.317 e. The van der Waals surface area contributed by atoms with Gasteiger partial charge in [0.15, 0.2) is 0 Å². The molecule has 0 radical (unpaired) electrons. The van der Waals surface area contributed by atoms with Crippen LogP contribution in [0.15, 0.2) is 11.3 Å². The number of hydrogen-bond donors (Lipinski definition) is 1. The Morgan fingerprint density at radius 1 is 1.42 bits per heavy atom. The summed E-state index contributed by atoms with van der Waals surface area (Å²) >= 11 is 0. The average Bonchev–Trinajstić information content (AvgIpc) is 2.92. The summed E-state index contributed by atoms with van der Waals surface area (Å²) in [6.45, 7) is 8.35. The van der Waals surface area contributed by atoms with E-state index >= 15 is 0 Å². The molecule has 2 unspecified atom stereocenters. The third-order valence-corrected chi connectivity index (χ3v) is 5.69. The second kappa shape index (κ2) is 6.88. The summed E-state index contributed by atoms with van der Waals surface area (Å²) in [6.07, 6.45) is 7.02. The summed E-state index contributed by atoms with van der Waals surface area (Å²) in [5, 5.41) is 3.24. The lowest BCUT2D eigenvalue weighted by molar-refractivity contribution is 0.0773. The number of nitrogens with zero attached hydrogens (tertiary/aromatic N) is 4. The molecule has 1 aliphatic heterocycles. The highest BCUT2D eigenvalue weighted by atomic mass is 16.2. The predicted octanol–water partition coefficient (Wildman–Crippen LogP) is 2.41. The van der Waals surface area contributed by atoms with Gasteiger partial charge < -0.3 is 14.8 Å². The number of hydrogen-bond acceptors (Lipinski definition) is 4. The topological polar surface area (TPSA) is 79.6 Å². The molecular formula is C19H29N5O2. The summed E-state index contributed by atoms with van der Waals surface area (Å²) in [5.74, 6) is 0. The smallest absolute Gasteiger partial charge is 0.317 e. The second-order valence-corrected chi connectivity index (χ2v) is 9.03. The number of rotatable bonds is 3. The van der Waals surface area contributed by atoms with Crippen LogP contribution in [0.5, 0.6) is 0 Å². The molecule has 2 aliphatic rings. The number of imidazole rings is 1. The summed E-state index contributed by atoms with van der Waals surface area (Å²) in [4.78, 5) is 33.5. The van der Waals surface area contributed by atoms with Crippen LogP contribution in [-0.2, 0) is 24.8 Å². The third-order valence-electron chi connectivity index (χ3n) is 5.69. The van der Waals surface area contributed by atoms with Crippen LogP contribution in [0.4, 0.5) is 4.79 Å². The highest BCUT2D eigenvalue weighted by Crippen LogP contribution is 2.46. The molecule has 7 nitrogen and oxygen atoms in total. The minimum Gasteiger partial charge on any atom is -0.336 e. The van der Waals surface area contributed by atoms with Gasteiger partial charge in [-0.3, -0.25) is 0 Å². The molecule has 1 saturated carbocycles. The number of aryl methyl sites for hydroxylation is 1. The molecule has 1 fully saturated rings. The minimum absolute atomic E-state index is 0.0132. The van der Waals surface area contributed by atoms with Crippen molar-refractivity contribution in [3.8, 4) is 0 Å². The number of carbonyl (C=O) groups is 1. The normalized spacial score (nSPS) is 27.4. The van der Waals surface area contributed by atoms with E-state index in [0.717, 1.165) is 37.1 Å². The molecule has 2 atom stereocenters. The summed E-state index contributed by atoms with van der Waals surface area (Å²) < 4.78 is 1.99. The van der Waals surface area contributed by atoms with Crippen molar-refractivity contribution in [3.63, 3.8) is 0 Å². The molecular weight excluding hydrogens is 330 g/mol. The van der Waals surface area contributed by atoms with Gasteiger partial charge in [0.1, 0.15) is 0 Å². The number of isocyanates is 1. The molecule has 1 N–H and O–H groups in total. The Bertz CT molecular complexity index is 734. The van der Waals surface area contributed by atoms with Crippen LogP contribution in [-0.4, -0.2) is 45.7 Å². The molecule has 0 saturated heterocycles. The molecule has 1 aliphatic carbocycles. The molecule has 26 heavy (non-hydrogen) atoms. The van der Waals surface area contributed by atoms with Crippen LogP contribution in [0.25, 0.3) is 0 Å². The molecule has 142 valence electrons. The van der Waals surface area contributed by atoms with Crippen molar-refractivity contribution in [2.75, 3.05) is 13.1 Å². The fraction of sp³-hybridized carbons (Fsp3) is 0.737. The highest BCUT2D eigenvalue weighted by molar-refractivity contribution is 5.74. The van der Waals surface area contributed by atoms with Crippen LogP contribution in [0, 0.1) is 10.8 Å². The van der Waals surface area contributed by atoms with Crippen LogP contribution in [0.2, 0.25) is 0 Å². The van der Waals surface area contributed by atoms with Gasteiger partial charge in [-0.25, -0.2) is 19.6 Å². The van der Waals surface area contributed by atoms with Crippen LogP contribution in [0.1, 0.15) is 51.4 Å². The largest absolute Gasteiger partial charge is 0.336 e. The molecule has 0 aromatic carbocycles. The first-order valence-electron chi connectivity index (χ1n) is 9.30. The number of aliphatic imine (C=N–C) groups is 1. The zero-order valence-corrected chi connectivity index (χ0v) is 16.2. The van der Waals surface area contributed by atoms with Gasteiger partial charge in [0.25, 0.3) is 0 Å². The highest BCUT2D eigenvalue weighted by Gasteiger charge is 2.42. The van der Waals surface area contributed by atoms with Crippen molar-refractivity contribution in [2.45, 2.75) is 59.0 Å².